The van der Waals surface area contributed by atoms with Gasteiger partial charge in [0.1, 0.15) is 4.83 Å². The maximum absolute atomic E-state index is 11.1. The number of nitro benzene ring substituents is 1. The van der Waals surface area contributed by atoms with Crippen molar-refractivity contribution in [3.05, 3.63) is 87.1 Å². The molecule has 0 N–H and O–H groups in total. The number of ether oxygens (including phenoxy) is 1. The first-order valence-electron chi connectivity index (χ1n) is 9.74. The molecule has 0 atom stereocenters. The van der Waals surface area contributed by atoms with Crippen molar-refractivity contribution in [2.75, 3.05) is 7.11 Å². The Morgan fingerprint density at radius 3 is 2.48 bits per heavy atom. The van der Waals surface area contributed by atoms with Crippen molar-refractivity contribution >= 4 is 39.1 Å². The number of hydrogen-bond acceptors (Lipinski definition) is 6. The number of nitrogens with zero attached hydrogens (tertiary/aromatic N) is 3. The van der Waals surface area contributed by atoms with Crippen LogP contribution in [0.2, 0.25) is 0 Å². The smallest absolute Gasteiger partial charge is 0.269 e. The van der Waals surface area contributed by atoms with Crippen molar-refractivity contribution in [2.24, 2.45) is 4.99 Å². The van der Waals surface area contributed by atoms with Gasteiger partial charge < -0.3 is 4.74 Å². The molecule has 156 valence electrons. The van der Waals surface area contributed by atoms with Gasteiger partial charge in [-0.2, -0.15) is 0 Å². The average molecular weight is 432 g/mol. The summed E-state index contributed by atoms with van der Waals surface area (Å²) in [4.78, 5) is 22.0. The quantitative estimate of drug-likeness (QED) is 0.201. The lowest BCUT2D eigenvalue weighted by atomic mass is 10.1. The fourth-order valence-corrected chi connectivity index (χ4v) is 4.63. The van der Waals surface area contributed by atoms with Gasteiger partial charge in [-0.15, -0.1) is 11.3 Å². The molecule has 0 spiro atoms. The molecule has 2 aromatic heterocycles. The molecule has 0 aliphatic heterocycles. The van der Waals surface area contributed by atoms with Crippen LogP contribution in [-0.4, -0.2) is 23.2 Å². The number of pyridine rings is 1. The highest BCUT2D eigenvalue weighted by atomic mass is 32.1. The summed E-state index contributed by atoms with van der Waals surface area (Å²) in [6.07, 6.45) is 1.84. The fourth-order valence-electron chi connectivity index (χ4n) is 3.41. The molecule has 0 saturated heterocycles. The van der Waals surface area contributed by atoms with Crippen molar-refractivity contribution in [1.29, 1.82) is 0 Å². The lowest BCUT2D eigenvalue weighted by Crippen LogP contribution is -1.92. The number of aliphatic imine (C=N–C) groups is 1. The lowest BCUT2D eigenvalue weighted by Gasteiger charge is -2.06. The highest BCUT2D eigenvalue weighted by Crippen LogP contribution is 2.45. The number of hydrogen-bond donors (Lipinski definition) is 0. The minimum atomic E-state index is -0.396. The molecule has 0 bridgehead atoms. The van der Waals surface area contributed by atoms with Crippen LogP contribution in [0.1, 0.15) is 22.4 Å². The number of benzene rings is 2. The molecule has 0 unspecified atom stereocenters. The third kappa shape index (κ3) is 4.38. The number of aryl methyl sites for hydroxylation is 2. The van der Waals surface area contributed by atoms with Gasteiger partial charge in [-0.1, -0.05) is 29.8 Å². The highest BCUT2D eigenvalue weighted by Gasteiger charge is 2.19. The lowest BCUT2D eigenvalue weighted by molar-refractivity contribution is -0.384. The zero-order chi connectivity index (χ0) is 22.0. The summed E-state index contributed by atoms with van der Waals surface area (Å²) >= 11 is 1.53. The van der Waals surface area contributed by atoms with Gasteiger partial charge in [0.25, 0.3) is 5.69 Å². The molecule has 7 heteroatoms. The minimum absolute atomic E-state index is 0.0589. The summed E-state index contributed by atoms with van der Waals surface area (Å²) in [5.74, 6) is 0. The zero-order valence-corrected chi connectivity index (χ0v) is 18.3. The molecule has 0 aliphatic rings. The Morgan fingerprint density at radius 1 is 1.13 bits per heavy atom. The van der Waals surface area contributed by atoms with Crippen LogP contribution in [0.3, 0.4) is 0 Å². The molecule has 31 heavy (non-hydrogen) atoms. The summed E-state index contributed by atoms with van der Waals surface area (Å²) in [5, 5.41) is 12.0. The maximum Gasteiger partial charge on any atom is 0.269 e. The maximum atomic E-state index is 11.1. The molecule has 0 aliphatic carbocycles. The summed E-state index contributed by atoms with van der Waals surface area (Å²) in [6.45, 7) is 4.45. The summed E-state index contributed by atoms with van der Waals surface area (Å²) in [6, 6.07) is 16.7. The van der Waals surface area contributed by atoms with Gasteiger partial charge >= 0.3 is 0 Å². The first kappa shape index (κ1) is 20.8. The number of methoxy groups -OCH3 is 1. The van der Waals surface area contributed by atoms with Crippen LogP contribution in [-0.2, 0) is 11.3 Å². The van der Waals surface area contributed by atoms with Crippen LogP contribution >= 0.6 is 11.3 Å². The van der Waals surface area contributed by atoms with Crippen LogP contribution in [0.5, 0.6) is 0 Å². The number of rotatable bonds is 6. The van der Waals surface area contributed by atoms with Gasteiger partial charge in [-0.05, 0) is 48.7 Å². The Balaban J connectivity index is 1.91. The molecule has 6 nitrogen and oxygen atoms in total. The van der Waals surface area contributed by atoms with E-state index in [1.807, 2.05) is 50.4 Å². The van der Waals surface area contributed by atoms with Crippen LogP contribution in [0, 0.1) is 24.0 Å². The predicted octanol–water partition coefficient (Wildman–Crippen LogP) is 6.39. The Morgan fingerprint density at radius 2 is 1.84 bits per heavy atom. The largest absolute Gasteiger partial charge is 0.380 e. The molecule has 0 fully saturated rings. The molecule has 0 saturated carbocycles. The van der Waals surface area contributed by atoms with Crippen molar-refractivity contribution in [3.8, 4) is 10.4 Å². The Bertz CT molecular complexity index is 1280. The van der Waals surface area contributed by atoms with Crippen molar-refractivity contribution in [1.82, 2.24) is 4.98 Å². The molecule has 2 heterocycles. The van der Waals surface area contributed by atoms with E-state index in [1.165, 1.54) is 29.0 Å². The number of fused-ring (bicyclic) bond motifs is 1. The van der Waals surface area contributed by atoms with Crippen molar-refractivity contribution < 1.29 is 9.66 Å². The second-order valence-corrected chi connectivity index (χ2v) is 8.29. The Labute approximate surface area is 184 Å². The standard InChI is InChI=1S/C24H21N3O3S/c1-15-4-6-17(7-5-15)13-25-22-21-19(14-30-3)12-16(2)26-24(21)31-23(22)18-8-10-20(11-9-18)27(28)29/h4-13H,14H2,1-3H3. The topological polar surface area (TPSA) is 77.6 Å². The number of nitro groups is 1. The van der Waals surface area contributed by atoms with Crippen LogP contribution in [0.4, 0.5) is 11.4 Å². The summed E-state index contributed by atoms with van der Waals surface area (Å²) in [5.41, 5.74) is 5.83. The van der Waals surface area contributed by atoms with Gasteiger partial charge in [0, 0.05) is 36.5 Å². The highest BCUT2D eigenvalue weighted by molar-refractivity contribution is 7.22. The Hall–Kier alpha value is -3.42. The first-order chi connectivity index (χ1) is 15.0. The van der Waals surface area contributed by atoms with Gasteiger partial charge in [-0.3, -0.25) is 15.1 Å². The van der Waals surface area contributed by atoms with E-state index in [1.54, 1.807) is 19.2 Å². The molecule has 4 rings (SSSR count). The van der Waals surface area contributed by atoms with Gasteiger partial charge in [0.05, 0.1) is 22.1 Å². The van der Waals surface area contributed by atoms with E-state index in [0.29, 0.717) is 6.61 Å². The van der Waals surface area contributed by atoms with E-state index in [4.69, 9.17) is 14.7 Å². The van der Waals surface area contributed by atoms with Crippen molar-refractivity contribution in [2.45, 2.75) is 20.5 Å². The predicted molar refractivity (Wildman–Crippen MR) is 126 cm³/mol. The van der Waals surface area contributed by atoms with Crippen molar-refractivity contribution in [3.63, 3.8) is 0 Å². The molecular formula is C24H21N3O3S. The number of thiophene rings is 1. The van der Waals surface area contributed by atoms with E-state index in [-0.39, 0.29) is 5.69 Å². The second kappa shape index (κ2) is 8.75. The van der Waals surface area contributed by atoms with Crippen LogP contribution in [0.15, 0.2) is 59.6 Å². The van der Waals surface area contributed by atoms with E-state index in [2.05, 4.69) is 0 Å². The molecule has 2 aromatic carbocycles. The molecule has 4 aromatic rings. The third-order valence-electron chi connectivity index (χ3n) is 4.91. The second-order valence-electron chi connectivity index (χ2n) is 7.29. The fraction of sp³-hybridized carbons (Fsp3) is 0.167. The van der Waals surface area contributed by atoms with E-state index in [0.717, 1.165) is 43.2 Å². The van der Waals surface area contributed by atoms with Gasteiger partial charge in [0.2, 0.25) is 0 Å². The minimum Gasteiger partial charge on any atom is -0.380 e. The SMILES string of the molecule is COCc1cc(C)nc2sc(-c3ccc([N+](=O)[O-])cc3)c(N=Cc3ccc(C)cc3)c12. The van der Waals surface area contributed by atoms with E-state index >= 15 is 0 Å². The van der Waals surface area contributed by atoms with E-state index in [9.17, 15) is 10.1 Å². The normalized spacial score (nSPS) is 11.5. The van der Waals surface area contributed by atoms with E-state index < -0.39 is 4.92 Å². The molecule has 0 amide bonds. The average Bonchev–Trinajstić information content (AvgIpc) is 3.12. The zero-order valence-electron chi connectivity index (χ0n) is 17.5. The number of aromatic nitrogens is 1. The molecule has 0 radical (unpaired) electrons. The van der Waals surface area contributed by atoms with Crippen LogP contribution in [0.25, 0.3) is 20.7 Å². The van der Waals surface area contributed by atoms with Crippen LogP contribution < -0.4 is 0 Å². The van der Waals surface area contributed by atoms with Gasteiger partial charge in [-0.25, -0.2) is 4.98 Å². The monoisotopic (exact) mass is 431 g/mol. The summed E-state index contributed by atoms with van der Waals surface area (Å²) < 4.78 is 5.43. The summed E-state index contributed by atoms with van der Waals surface area (Å²) in [7, 11) is 1.67. The Kier molecular flexibility index (Phi) is 5.88. The first-order valence-corrected chi connectivity index (χ1v) is 10.6. The molecular weight excluding hydrogens is 410 g/mol. The third-order valence-corrected chi connectivity index (χ3v) is 6.03. The van der Waals surface area contributed by atoms with Gasteiger partial charge in [0.15, 0.2) is 0 Å². The number of non-ortho nitro benzene ring substituents is 1.